The lowest BCUT2D eigenvalue weighted by molar-refractivity contribution is 0.307. The maximum Gasteiger partial charge on any atom is 0.122 e. The molecular formula is C14H23NO. The monoisotopic (exact) mass is 221 g/mol. The van der Waals surface area contributed by atoms with Gasteiger partial charge in [-0.25, -0.2) is 0 Å². The van der Waals surface area contributed by atoms with Gasteiger partial charge in [0.1, 0.15) is 5.75 Å². The van der Waals surface area contributed by atoms with E-state index < -0.39 is 0 Å². The van der Waals surface area contributed by atoms with Gasteiger partial charge in [-0.05, 0) is 50.0 Å². The minimum Gasteiger partial charge on any atom is -0.493 e. The van der Waals surface area contributed by atoms with Gasteiger partial charge in [-0.1, -0.05) is 26.0 Å². The molecule has 1 aromatic rings. The second-order valence-electron chi connectivity index (χ2n) is 4.49. The van der Waals surface area contributed by atoms with Gasteiger partial charge in [-0.3, -0.25) is 0 Å². The summed E-state index contributed by atoms with van der Waals surface area (Å²) in [6, 6.07) is 6.49. The van der Waals surface area contributed by atoms with Crippen molar-refractivity contribution in [2.24, 2.45) is 0 Å². The highest BCUT2D eigenvalue weighted by Crippen LogP contribution is 2.24. The molecule has 0 amide bonds. The average Bonchev–Trinajstić information content (AvgIpc) is 2.26. The van der Waals surface area contributed by atoms with Crippen LogP contribution in [0.1, 0.15) is 37.3 Å². The maximum absolute atomic E-state index is 5.79. The Labute approximate surface area is 99.0 Å². The van der Waals surface area contributed by atoms with Crippen LogP contribution in [0.15, 0.2) is 18.2 Å². The summed E-state index contributed by atoms with van der Waals surface area (Å²) in [7, 11) is 1.96. The molecule has 0 spiro atoms. The molecule has 1 rings (SSSR count). The van der Waals surface area contributed by atoms with E-state index in [4.69, 9.17) is 4.74 Å². The first-order valence-electron chi connectivity index (χ1n) is 6.03. The van der Waals surface area contributed by atoms with E-state index in [-0.39, 0.29) is 0 Å². The van der Waals surface area contributed by atoms with E-state index in [1.54, 1.807) is 0 Å². The van der Waals surface area contributed by atoms with E-state index in [0.717, 1.165) is 25.3 Å². The summed E-state index contributed by atoms with van der Waals surface area (Å²) in [5.41, 5.74) is 2.56. The molecule has 0 atom stereocenters. The Hall–Kier alpha value is -1.02. The highest BCUT2D eigenvalue weighted by atomic mass is 16.5. The Bertz CT molecular complexity index is 321. The van der Waals surface area contributed by atoms with Gasteiger partial charge in [0.15, 0.2) is 0 Å². The molecule has 0 aliphatic carbocycles. The van der Waals surface area contributed by atoms with Crippen LogP contribution >= 0.6 is 0 Å². The van der Waals surface area contributed by atoms with Crippen molar-refractivity contribution in [3.63, 3.8) is 0 Å². The van der Waals surface area contributed by atoms with E-state index in [0.29, 0.717) is 5.92 Å². The lowest BCUT2D eigenvalue weighted by Gasteiger charge is -2.12. The van der Waals surface area contributed by atoms with Crippen LogP contribution in [0.2, 0.25) is 0 Å². The first kappa shape index (κ1) is 13.0. The second-order valence-corrected chi connectivity index (χ2v) is 4.49. The predicted molar refractivity (Wildman–Crippen MR) is 69.3 cm³/mol. The van der Waals surface area contributed by atoms with Gasteiger partial charge in [0, 0.05) is 0 Å². The van der Waals surface area contributed by atoms with Crippen molar-refractivity contribution in [2.45, 2.75) is 33.1 Å². The molecule has 0 unspecified atom stereocenters. The number of aryl methyl sites for hydroxylation is 1. The summed E-state index contributed by atoms with van der Waals surface area (Å²) in [4.78, 5) is 0. The average molecular weight is 221 g/mol. The Kier molecular flexibility index (Phi) is 5.33. The fraction of sp³-hybridized carbons (Fsp3) is 0.571. The van der Waals surface area contributed by atoms with E-state index >= 15 is 0 Å². The molecule has 2 heteroatoms. The third-order valence-corrected chi connectivity index (χ3v) is 2.71. The van der Waals surface area contributed by atoms with E-state index in [1.165, 1.54) is 11.1 Å². The first-order chi connectivity index (χ1) is 7.65. The van der Waals surface area contributed by atoms with Gasteiger partial charge < -0.3 is 10.1 Å². The van der Waals surface area contributed by atoms with Crippen LogP contribution in [-0.2, 0) is 0 Å². The Morgan fingerprint density at radius 2 is 2.06 bits per heavy atom. The van der Waals surface area contributed by atoms with E-state index in [2.05, 4.69) is 44.3 Å². The zero-order valence-electron chi connectivity index (χ0n) is 10.8. The van der Waals surface area contributed by atoms with Gasteiger partial charge in [0.05, 0.1) is 6.61 Å². The van der Waals surface area contributed by atoms with Crippen LogP contribution in [-0.4, -0.2) is 20.2 Å². The van der Waals surface area contributed by atoms with Crippen molar-refractivity contribution < 1.29 is 4.74 Å². The quantitative estimate of drug-likeness (QED) is 0.745. The molecule has 16 heavy (non-hydrogen) atoms. The summed E-state index contributed by atoms with van der Waals surface area (Å²) in [5, 5.41) is 3.12. The van der Waals surface area contributed by atoms with Crippen LogP contribution in [0.5, 0.6) is 5.75 Å². The minimum atomic E-state index is 0.556. The molecule has 0 saturated carbocycles. The van der Waals surface area contributed by atoms with Crippen molar-refractivity contribution in [3.8, 4) is 5.75 Å². The summed E-state index contributed by atoms with van der Waals surface area (Å²) < 4.78 is 5.79. The van der Waals surface area contributed by atoms with E-state index in [9.17, 15) is 0 Å². The molecule has 2 nitrogen and oxygen atoms in total. The SMILES string of the molecule is CNCCCOc1cc(C(C)C)ccc1C. The van der Waals surface area contributed by atoms with Gasteiger partial charge in [-0.2, -0.15) is 0 Å². The molecular weight excluding hydrogens is 198 g/mol. The molecule has 0 heterocycles. The summed E-state index contributed by atoms with van der Waals surface area (Å²) in [6.07, 6.45) is 1.04. The van der Waals surface area contributed by atoms with Gasteiger partial charge >= 0.3 is 0 Å². The van der Waals surface area contributed by atoms with Gasteiger partial charge in [0.25, 0.3) is 0 Å². The van der Waals surface area contributed by atoms with Crippen molar-refractivity contribution in [1.82, 2.24) is 5.32 Å². The summed E-state index contributed by atoms with van der Waals surface area (Å²) >= 11 is 0. The van der Waals surface area contributed by atoms with Gasteiger partial charge in [-0.15, -0.1) is 0 Å². The molecule has 1 N–H and O–H groups in total. The Morgan fingerprint density at radius 3 is 2.69 bits per heavy atom. The van der Waals surface area contributed by atoms with E-state index in [1.807, 2.05) is 7.05 Å². The Morgan fingerprint density at radius 1 is 1.31 bits per heavy atom. The normalized spacial score (nSPS) is 10.8. The highest BCUT2D eigenvalue weighted by molar-refractivity contribution is 5.37. The molecule has 0 bridgehead atoms. The van der Waals surface area contributed by atoms with Crippen LogP contribution in [0.3, 0.4) is 0 Å². The fourth-order valence-corrected chi connectivity index (χ4v) is 1.56. The fourth-order valence-electron chi connectivity index (χ4n) is 1.56. The third kappa shape index (κ3) is 3.86. The second kappa shape index (κ2) is 6.54. The summed E-state index contributed by atoms with van der Waals surface area (Å²) in [5.74, 6) is 1.59. The molecule has 0 aliphatic rings. The molecule has 90 valence electrons. The maximum atomic E-state index is 5.79. The molecule has 0 aliphatic heterocycles. The first-order valence-corrected chi connectivity index (χ1v) is 6.03. The Balaban J connectivity index is 2.60. The highest BCUT2D eigenvalue weighted by Gasteiger charge is 2.04. The van der Waals surface area contributed by atoms with Crippen molar-refractivity contribution in [2.75, 3.05) is 20.2 Å². The number of nitrogens with one attached hydrogen (secondary N) is 1. The number of rotatable bonds is 6. The van der Waals surface area contributed by atoms with Crippen LogP contribution < -0.4 is 10.1 Å². The molecule has 0 aromatic heterocycles. The molecule has 1 aromatic carbocycles. The number of benzene rings is 1. The van der Waals surface area contributed by atoms with Crippen LogP contribution in [0, 0.1) is 6.92 Å². The van der Waals surface area contributed by atoms with Crippen molar-refractivity contribution in [1.29, 1.82) is 0 Å². The number of hydrogen-bond acceptors (Lipinski definition) is 2. The van der Waals surface area contributed by atoms with Crippen molar-refractivity contribution in [3.05, 3.63) is 29.3 Å². The number of hydrogen-bond donors (Lipinski definition) is 1. The molecule has 0 saturated heterocycles. The zero-order valence-corrected chi connectivity index (χ0v) is 10.8. The van der Waals surface area contributed by atoms with Crippen LogP contribution in [0.25, 0.3) is 0 Å². The molecule has 0 fully saturated rings. The topological polar surface area (TPSA) is 21.3 Å². The summed E-state index contributed by atoms with van der Waals surface area (Å²) in [6.45, 7) is 8.29. The zero-order chi connectivity index (χ0) is 12.0. The van der Waals surface area contributed by atoms with Crippen LogP contribution in [0.4, 0.5) is 0 Å². The smallest absolute Gasteiger partial charge is 0.122 e. The molecule has 0 radical (unpaired) electrons. The predicted octanol–water partition coefficient (Wildman–Crippen LogP) is 3.11. The largest absolute Gasteiger partial charge is 0.493 e. The standard InChI is InChI=1S/C14H23NO/c1-11(2)13-7-6-12(3)14(10-13)16-9-5-8-15-4/h6-7,10-11,15H,5,8-9H2,1-4H3. The third-order valence-electron chi connectivity index (χ3n) is 2.71. The van der Waals surface area contributed by atoms with Crippen molar-refractivity contribution >= 4 is 0 Å². The number of ether oxygens (including phenoxy) is 1. The lowest BCUT2D eigenvalue weighted by Crippen LogP contribution is -2.11. The van der Waals surface area contributed by atoms with Gasteiger partial charge in [0.2, 0.25) is 0 Å². The lowest BCUT2D eigenvalue weighted by atomic mass is 10.0. The minimum absolute atomic E-state index is 0.556.